The summed E-state index contributed by atoms with van der Waals surface area (Å²) in [4.78, 5) is 23.9. The lowest BCUT2D eigenvalue weighted by Gasteiger charge is -2.06. The molecule has 0 bridgehead atoms. The molecule has 3 aromatic rings. The van der Waals surface area contributed by atoms with Gasteiger partial charge in [0.1, 0.15) is 0 Å². The van der Waals surface area contributed by atoms with Gasteiger partial charge in [0.25, 0.3) is 5.91 Å². The van der Waals surface area contributed by atoms with Crippen molar-refractivity contribution in [3.05, 3.63) is 89.9 Å². The van der Waals surface area contributed by atoms with Gasteiger partial charge < -0.3 is 9.73 Å². The van der Waals surface area contributed by atoms with Crippen LogP contribution >= 0.6 is 0 Å². The highest BCUT2D eigenvalue weighted by Gasteiger charge is 2.09. The molecule has 0 unspecified atom stereocenters. The maximum atomic E-state index is 12.0. The molecule has 1 aromatic heterocycles. The van der Waals surface area contributed by atoms with Crippen LogP contribution in [0.4, 0.5) is 5.69 Å². The Morgan fingerprint density at radius 1 is 0.964 bits per heavy atom. The number of furan rings is 1. The summed E-state index contributed by atoms with van der Waals surface area (Å²) >= 11 is 0. The number of nitrogens with one attached hydrogen (secondary N) is 2. The maximum Gasteiger partial charge on any atom is 0.291 e. The Morgan fingerprint density at radius 3 is 2.39 bits per heavy atom. The zero-order chi connectivity index (χ0) is 19.8. The molecule has 2 N–H and O–H groups in total. The summed E-state index contributed by atoms with van der Waals surface area (Å²) in [5, 5.41) is 6.90. The molecule has 142 valence electrons. The van der Waals surface area contributed by atoms with E-state index in [-0.39, 0.29) is 17.6 Å². The van der Waals surface area contributed by atoms with Gasteiger partial charge in [0.15, 0.2) is 5.76 Å². The highest BCUT2D eigenvalue weighted by Crippen LogP contribution is 2.12. The Kier molecular flexibility index (Phi) is 6.36. The van der Waals surface area contributed by atoms with Crippen LogP contribution in [-0.4, -0.2) is 17.5 Å². The number of amides is 2. The van der Waals surface area contributed by atoms with Gasteiger partial charge in [-0.15, -0.1) is 0 Å². The van der Waals surface area contributed by atoms with E-state index in [0.29, 0.717) is 24.2 Å². The van der Waals surface area contributed by atoms with Gasteiger partial charge in [0.2, 0.25) is 5.91 Å². The minimum absolute atomic E-state index is 0.134. The highest BCUT2D eigenvalue weighted by molar-refractivity contribution is 6.03. The first-order valence-corrected chi connectivity index (χ1v) is 8.94. The lowest BCUT2D eigenvalue weighted by molar-refractivity contribution is -0.121. The van der Waals surface area contributed by atoms with E-state index in [1.807, 2.05) is 49.4 Å². The number of aryl methyl sites for hydroxylation is 1. The number of hydrogen-bond acceptors (Lipinski definition) is 4. The standard InChI is InChI=1S/C22H21N3O3/c1-16(24-25-21(26)14-9-17-6-3-2-4-7-17)18-10-12-19(13-11-18)23-22(27)20-8-5-15-28-20/h2-8,10-13,15H,9,14H2,1H3,(H,23,27)(H,25,26)/b24-16-. The monoisotopic (exact) mass is 375 g/mol. The van der Waals surface area contributed by atoms with Gasteiger partial charge in [-0.1, -0.05) is 42.5 Å². The van der Waals surface area contributed by atoms with E-state index in [2.05, 4.69) is 15.8 Å². The summed E-state index contributed by atoms with van der Waals surface area (Å²) in [6.07, 6.45) is 2.50. The molecule has 3 rings (SSSR count). The number of carbonyl (C=O) groups excluding carboxylic acids is 2. The molecule has 0 aliphatic heterocycles. The molecule has 0 atom stereocenters. The topological polar surface area (TPSA) is 83.7 Å². The number of anilines is 1. The summed E-state index contributed by atoms with van der Waals surface area (Å²) in [5.41, 5.74) is 5.87. The lowest BCUT2D eigenvalue weighted by atomic mass is 10.1. The molecule has 0 saturated carbocycles. The minimum Gasteiger partial charge on any atom is -0.459 e. The molecule has 2 amide bonds. The van der Waals surface area contributed by atoms with E-state index in [9.17, 15) is 9.59 Å². The predicted octanol–water partition coefficient (Wildman–Crippen LogP) is 4.00. The van der Waals surface area contributed by atoms with Crippen LogP contribution < -0.4 is 10.7 Å². The number of benzene rings is 2. The molecule has 0 fully saturated rings. The summed E-state index contributed by atoms with van der Waals surface area (Å²) in [6, 6.07) is 20.3. The number of hydrogen-bond donors (Lipinski definition) is 2. The fraction of sp³-hybridized carbons (Fsp3) is 0.136. The molecule has 0 aliphatic carbocycles. The third kappa shape index (κ3) is 5.41. The zero-order valence-corrected chi connectivity index (χ0v) is 15.5. The van der Waals surface area contributed by atoms with E-state index >= 15 is 0 Å². The van der Waals surface area contributed by atoms with Crippen molar-refractivity contribution >= 4 is 23.2 Å². The maximum absolute atomic E-state index is 12.0. The molecule has 2 aromatic carbocycles. The van der Waals surface area contributed by atoms with Crippen molar-refractivity contribution < 1.29 is 14.0 Å². The van der Waals surface area contributed by atoms with Crippen LogP contribution in [0.1, 0.15) is 35.0 Å². The Hall–Kier alpha value is -3.67. The largest absolute Gasteiger partial charge is 0.459 e. The molecule has 1 heterocycles. The Balaban J connectivity index is 1.51. The molecule has 0 radical (unpaired) electrons. The molecule has 6 nitrogen and oxygen atoms in total. The smallest absolute Gasteiger partial charge is 0.291 e. The van der Waals surface area contributed by atoms with Crippen LogP contribution in [0.25, 0.3) is 0 Å². The van der Waals surface area contributed by atoms with Crippen LogP contribution in [-0.2, 0) is 11.2 Å². The van der Waals surface area contributed by atoms with Gasteiger partial charge >= 0.3 is 0 Å². The van der Waals surface area contributed by atoms with Crippen molar-refractivity contribution in [1.82, 2.24) is 5.43 Å². The molecular formula is C22H21N3O3. The molecule has 6 heteroatoms. The van der Waals surface area contributed by atoms with Crippen molar-refractivity contribution in [2.24, 2.45) is 5.10 Å². The molecule has 28 heavy (non-hydrogen) atoms. The summed E-state index contributed by atoms with van der Waals surface area (Å²) in [7, 11) is 0. The van der Waals surface area contributed by atoms with E-state index in [1.165, 1.54) is 6.26 Å². The van der Waals surface area contributed by atoms with Crippen LogP contribution in [0.2, 0.25) is 0 Å². The second-order valence-electron chi connectivity index (χ2n) is 6.23. The van der Waals surface area contributed by atoms with Gasteiger partial charge in [-0.05, 0) is 48.7 Å². The van der Waals surface area contributed by atoms with Gasteiger partial charge in [0.05, 0.1) is 12.0 Å². The van der Waals surface area contributed by atoms with Crippen LogP contribution in [0.3, 0.4) is 0 Å². The van der Waals surface area contributed by atoms with Gasteiger partial charge in [-0.25, -0.2) is 5.43 Å². The Labute approximate surface area is 163 Å². The first kappa shape index (κ1) is 19.1. The van der Waals surface area contributed by atoms with Crippen molar-refractivity contribution in [2.75, 3.05) is 5.32 Å². The van der Waals surface area contributed by atoms with Gasteiger partial charge in [-0.3, -0.25) is 9.59 Å². The van der Waals surface area contributed by atoms with Crippen molar-refractivity contribution in [2.45, 2.75) is 19.8 Å². The summed E-state index contributed by atoms with van der Waals surface area (Å²) in [5.74, 6) is -0.195. The number of rotatable bonds is 7. The summed E-state index contributed by atoms with van der Waals surface area (Å²) < 4.78 is 5.06. The van der Waals surface area contributed by atoms with Crippen molar-refractivity contribution in [3.8, 4) is 0 Å². The fourth-order valence-electron chi connectivity index (χ4n) is 2.56. The molecule has 0 aliphatic rings. The van der Waals surface area contributed by atoms with E-state index in [1.54, 1.807) is 24.3 Å². The average Bonchev–Trinajstić information content (AvgIpc) is 3.27. The zero-order valence-electron chi connectivity index (χ0n) is 15.5. The first-order chi connectivity index (χ1) is 13.6. The first-order valence-electron chi connectivity index (χ1n) is 8.94. The second-order valence-corrected chi connectivity index (χ2v) is 6.23. The van der Waals surface area contributed by atoms with Crippen molar-refractivity contribution in [1.29, 1.82) is 0 Å². The lowest BCUT2D eigenvalue weighted by Crippen LogP contribution is -2.19. The third-order valence-corrected chi connectivity index (χ3v) is 4.14. The minimum atomic E-state index is -0.311. The normalized spacial score (nSPS) is 11.1. The van der Waals surface area contributed by atoms with E-state index in [0.717, 1.165) is 11.1 Å². The van der Waals surface area contributed by atoms with Crippen molar-refractivity contribution in [3.63, 3.8) is 0 Å². The fourth-order valence-corrected chi connectivity index (χ4v) is 2.56. The quantitative estimate of drug-likeness (QED) is 0.483. The second kappa shape index (κ2) is 9.32. The average molecular weight is 375 g/mol. The molecular weight excluding hydrogens is 354 g/mol. The SMILES string of the molecule is C/C(=N/NC(=O)CCc1ccccc1)c1ccc(NC(=O)c2ccco2)cc1. The molecule has 0 spiro atoms. The van der Waals surface area contributed by atoms with E-state index < -0.39 is 0 Å². The van der Waals surface area contributed by atoms with Crippen LogP contribution in [0.5, 0.6) is 0 Å². The summed E-state index contributed by atoms with van der Waals surface area (Å²) in [6.45, 7) is 1.81. The molecule has 0 saturated heterocycles. The predicted molar refractivity (Wildman–Crippen MR) is 108 cm³/mol. The third-order valence-electron chi connectivity index (χ3n) is 4.14. The van der Waals surface area contributed by atoms with Crippen LogP contribution in [0, 0.1) is 0 Å². The van der Waals surface area contributed by atoms with Gasteiger partial charge in [-0.2, -0.15) is 5.10 Å². The number of hydrazone groups is 1. The Bertz CT molecular complexity index is 946. The van der Waals surface area contributed by atoms with E-state index in [4.69, 9.17) is 4.42 Å². The highest BCUT2D eigenvalue weighted by atomic mass is 16.3. The van der Waals surface area contributed by atoms with Crippen LogP contribution in [0.15, 0.2) is 82.5 Å². The van der Waals surface area contributed by atoms with Gasteiger partial charge in [0, 0.05) is 12.1 Å². The Morgan fingerprint density at radius 2 is 1.71 bits per heavy atom. The number of nitrogens with zero attached hydrogens (tertiary/aromatic N) is 1. The number of carbonyl (C=O) groups is 2.